The molecular formula is C24H22ClN7S. The van der Waals surface area contributed by atoms with Crippen LogP contribution >= 0.6 is 23.4 Å². The Kier molecular flexibility index (Phi) is 5.19. The van der Waals surface area contributed by atoms with Crippen molar-refractivity contribution in [3.05, 3.63) is 89.1 Å². The molecule has 5 aromatic heterocycles. The summed E-state index contributed by atoms with van der Waals surface area (Å²) in [6, 6.07) is 8.07. The molecule has 6 rings (SSSR count). The Hall–Kier alpha value is -3.10. The Bertz CT molecular complexity index is 1490. The lowest BCUT2D eigenvalue weighted by atomic mass is 10.2. The molecule has 1 aliphatic carbocycles. The second-order valence-corrected chi connectivity index (χ2v) is 9.55. The van der Waals surface area contributed by atoms with Crippen LogP contribution in [0.25, 0.3) is 11.2 Å². The maximum Gasteiger partial charge on any atom is 0.137 e. The average molecular weight is 476 g/mol. The standard InChI is InChI=1S/C24H22ClN7S/c1-33-24(26-10-21-22-8-19(25)6-7-30(22)15-27-21)18-9-28-32(12-18)14-20-13-31-11-17(16-2-3-16)4-5-23(31)29-20/h4-9,11-13,15-16H,2-3,10,14H2,1H3/b26-24-. The molecule has 0 amide bonds. The summed E-state index contributed by atoms with van der Waals surface area (Å²) < 4.78 is 6.00. The molecular weight excluding hydrogens is 454 g/mol. The van der Waals surface area contributed by atoms with Gasteiger partial charge >= 0.3 is 0 Å². The van der Waals surface area contributed by atoms with Gasteiger partial charge in [-0.2, -0.15) is 5.10 Å². The fourth-order valence-electron chi connectivity index (χ4n) is 4.08. The van der Waals surface area contributed by atoms with E-state index < -0.39 is 0 Å². The molecule has 1 aliphatic rings. The van der Waals surface area contributed by atoms with E-state index in [1.165, 1.54) is 18.4 Å². The van der Waals surface area contributed by atoms with Crippen molar-refractivity contribution in [3.63, 3.8) is 0 Å². The minimum atomic E-state index is 0.480. The van der Waals surface area contributed by atoms with Crippen molar-refractivity contribution < 1.29 is 0 Å². The zero-order valence-corrected chi connectivity index (χ0v) is 19.7. The average Bonchev–Trinajstić information content (AvgIpc) is 3.24. The number of thioether (sulfide) groups is 1. The summed E-state index contributed by atoms with van der Waals surface area (Å²) in [6.45, 7) is 1.10. The predicted molar refractivity (Wildman–Crippen MR) is 132 cm³/mol. The molecule has 33 heavy (non-hydrogen) atoms. The van der Waals surface area contributed by atoms with Crippen LogP contribution in [0.2, 0.25) is 5.02 Å². The largest absolute Gasteiger partial charge is 0.306 e. The lowest BCUT2D eigenvalue weighted by Gasteiger charge is -2.01. The minimum Gasteiger partial charge on any atom is -0.306 e. The van der Waals surface area contributed by atoms with Gasteiger partial charge < -0.3 is 8.80 Å². The van der Waals surface area contributed by atoms with Crippen molar-refractivity contribution in [2.45, 2.75) is 31.8 Å². The quantitative estimate of drug-likeness (QED) is 0.254. The third-order valence-corrected chi connectivity index (χ3v) is 6.91. The molecule has 0 atom stereocenters. The van der Waals surface area contributed by atoms with Gasteiger partial charge in [-0.05, 0) is 48.8 Å². The molecule has 5 heterocycles. The Morgan fingerprint density at radius 3 is 2.94 bits per heavy atom. The van der Waals surface area contributed by atoms with Crippen molar-refractivity contribution in [2.75, 3.05) is 6.26 Å². The SMILES string of the molecule is CS/C(=N\Cc1ncn2ccc(Cl)cc12)c1cnn(Cc2cn3cc(C4CC4)ccc3n2)c1. The van der Waals surface area contributed by atoms with E-state index in [4.69, 9.17) is 21.6 Å². The summed E-state index contributed by atoms with van der Waals surface area (Å²) >= 11 is 7.76. The highest BCUT2D eigenvalue weighted by atomic mass is 35.5. The number of hydrogen-bond acceptors (Lipinski definition) is 5. The highest BCUT2D eigenvalue weighted by Gasteiger charge is 2.23. The van der Waals surface area contributed by atoms with E-state index in [0.29, 0.717) is 18.1 Å². The smallest absolute Gasteiger partial charge is 0.137 e. The van der Waals surface area contributed by atoms with Crippen LogP contribution in [0.3, 0.4) is 0 Å². The van der Waals surface area contributed by atoms with E-state index in [0.717, 1.165) is 39.1 Å². The van der Waals surface area contributed by atoms with E-state index in [1.54, 1.807) is 18.1 Å². The first-order valence-corrected chi connectivity index (χ1v) is 12.5. The third kappa shape index (κ3) is 4.16. The molecule has 166 valence electrons. The van der Waals surface area contributed by atoms with E-state index in [2.05, 4.69) is 39.0 Å². The normalized spacial score (nSPS) is 14.5. The first kappa shape index (κ1) is 20.5. The number of rotatable bonds is 6. The Balaban J connectivity index is 1.20. The van der Waals surface area contributed by atoms with Crippen molar-refractivity contribution in [3.8, 4) is 0 Å². The van der Waals surface area contributed by atoms with Gasteiger partial charge in [0.05, 0.1) is 42.5 Å². The summed E-state index contributed by atoms with van der Waals surface area (Å²) in [6.07, 6.45) is 16.5. The zero-order valence-electron chi connectivity index (χ0n) is 18.1. The minimum absolute atomic E-state index is 0.480. The Labute approximate surface area is 200 Å². The maximum absolute atomic E-state index is 6.15. The van der Waals surface area contributed by atoms with Crippen LogP contribution in [0.5, 0.6) is 0 Å². The van der Waals surface area contributed by atoms with Gasteiger partial charge in [0.15, 0.2) is 0 Å². The van der Waals surface area contributed by atoms with Gasteiger partial charge in [0, 0.05) is 35.4 Å². The van der Waals surface area contributed by atoms with Crippen molar-refractivity contribution in [1.82, 2.24) is 28.5 Å². The van der Waals surface area contributed by atoms with Crippen LogP contribution in [0, 0.1) is 0 Å². The van der Waals surface area contributed by atoms with Gasteiger partial charge in [-0.1, -0.05) is 17.7 Å². The van der Waals surface area contributed by atoms with Gasteiger partial charge in [0.25, 0.3) is 0 Å². The fraction of sp³-hybridized carbons (Fsp3) is 0.250. The first-order chi connectivity index (χ1) is 16.2. The predicted octanol–water partition coefficient (Wildman–Crippen LogP) is 5.07. The van der Waals surface area contributed by atoms with Crippen molar-refractivity contribution in [2.24, 2.45) is 4.99 Å². The summed E-state index contributed by atoms with van der Waals surface area (Å²) in [7, 11) is 0. The highest BCUT2D eigenvalue weighted by Crippen LogP contribution is 2.39. The summed E-state index contributed by atoms with van der Waals surface area (Å²) in [4.78, 5) is 14.1. The lowest BCUT2D eigenvalue weighted by molar-refractivity contribution is 0.676. The van der Waals surface area contributed by atoms with E-state index in [9.17, 15) is 0 Å². The van der Waals surface area contributed by atoms with Crippen molar-refractivity contribution in [1.29, 1.82) is 0 Å². The number of hydrogen-bond donors (Lipinski definition) is 0. The molecule has 0 bridgehead atoms. The second kappa shape index (κ2) is 8.35. The molecule has 7 nitrogen and oxygen atoms in total. The number of aliphatic imine (C=N–C) groups is 1. The van der Waals surface area contributed by atoms with Gasteiger partial charge in [-0.15, -0.1) is 11.8 Å². The molecule has 1 saturated carbocycles. The molecule has 0 spiro atoms. The van der Waals surface area contributed by atoms with E-state index in [1.807, 2.05) is 46.1 Å². The second-order valence-electron chi connectivity index (χ2n) is 8.32. The summed E-state index contributed by atoms with van der Waals surface area (Å²) in [5.74, 6) is 0.732. The van der Waals surface area contributed by atoms with Crippen LogP contribution in [0.15, 0.2) is 66.6 Å². The number of fused-ring (bicyclic) bond motifs is 2. The van der Waals surface area contributed by atoms with Crippen molar-refractivity contribution >= 4 is 39.6 Å². The van der Waals surface area contributed by atoms with Gasteiger partial charge in [0.1, 0.15) is 10.7 Å². The summed E-state index contributed by atoms with van der Waals surface area (Å²) in [5, 5.41) is 6.16. The maximum atomic E-state index is 6.15. The number of imidazole rings is 2. The van der Waals surface area contributed by atoms with Gasteiger partial charge in [0.2, 0.25) is 0 Å². The Morgan fingerprint density at radius 1 is 1.18 bits per heavy atom. The van der Waals surface area contributed by atoms with E-state index in [-0.39, 0.29) is 0 Å². The van der Waals surface area contributed by atoms with Crippen LogP contribution < -0.4 is 0 Å². The number of pyridine rings is 2. The molecule has 5 aromatic rings. The molecule has 0 N–H and O–H groups in total. The molecule has 1 fully saturated rings. The molecule has 9 heteroatoms. The van der Waals surface area contributed by atoms with E-state index >= 15 is 0 Å². The van der Waals surface area contributed by atoms with Gasteiger partial charge in [-0.25, -0.2) is 9.97 Å². The molecule has 0 saturated heterocycles. The van der Waals surface area contributed by atoms with Crippen LogP contribution in [-0.2, 0) is 13.1 Å². The number of nitrogens with zero attached hydrogens (tertiary/aromatic N) is 7. The Morgan fingerprint density at radius 2 is 2.09 bits per heavy atom. The molecule has 0 aliphatic heterocycles. The molecule has 0 aromatic carbocycles. The third-order valence-electron chi connectivity index (χ3n) is 5.92. The van der Waals surface area contributed by atoms with Gasteiger partial charge in [-0.3, -0.25) is 9.67 Å². The molecule has 0 unspecified atom stereocenters. The topological polar surface area (TPSA) is 64.8 Å². The molecule has 0 radical (unpaired) electrons. The number of aromatic nitrogens is 6. The van der Waals surface area contributed by atoms with Crippen LogP contribution in [-0.4, -0.2) is 39.8 Å². The monoisotopic (exact) mass is 475 g/mol. The van der Waals surface area contributed by atoms with Crippen LogP contribution in [0.4, 0.5) is 0 Å². The number of halogens is 1. The lowest BCUT2D eigenvalue weighted by Crippen LogP contribution is -2.00. The first-order valence-electron chi connectivity index (χ1n) is 10.9. The van der Waals surface area contributed by atoms with Crippen LogP contribution in [0.1, 0.15) is 41.3 Å². The zero-order chi connectivity index (χ0) is 22.4. The fourth-order valence-corrected chi connectivity index (χ4v) is 4.78. The highest BCUT2D eigenvalue weighted by molar-refractivity contribution is 8.13. The summed E-state index contributed by atoms with van der Waals surface area (Å²) in [5.41, 5.74) is 6.22.